The van der Waals surface area contributed by atoms with Crippen LogP contribution in [0.2, 0.25) is 0 Å². The van der Waals surface area contributed by atoms with Gasteiger partial charge < -0.3 is 20.1 Å². The maximum atomic E-state index is 5.90. The molecule has 17 heavy (non-hydrogen) atoms. The lowest BCUT2D eigenvalue weighted by atomic mass is 10.2. The lowest BCUT2D eigenvalue weighted by Crippen LogP contribution is -2.40. The Balaban J connectivity index is 2.02. The standard InChI is InChI=1S/C13H20N2O2/c1-3-15(4-2)8-11-9-16-12-6-5-10(14)7-13(12)17-11/h5-7,11H,3-4,8-9,14H2,1-2H3. The number of likely N-dealkylation sites (N-methyl/N-ethyl adjacent to an activating group) is 1. The Morgan fingerprint density at radius 3 is 2.76 bits per heavy atom. The summed E-state index contributed by atoms with van der Waals surface area (Å²) >= 11 is 0. The number of anilines is 1. The van der Waals surface area contributed by atoms with Gasteiger partial charge in [-0.15, -0.1) is 0 Å². The SMILES string of the molecule is CCN(CC)CC1COc2ccc(N)cc2O1. The molecule has 94 valence electrons. The third-order valence-electron chi connectivity index (χ3n) is 3.04. The molecule has 2 N–H and O–H groups in total. The Morgan fingerprint density at radius 2 is 2.06 bits per heavy atom. The number of fused-ring (bicyclic) bond motifs is 1. The predicted molar refractivity (Wildman–Crippen MR) is 68.6 cm³/mol. The fourth-order valence-corrected chi connectivity index (χ4v) is 1.99. The van der Waals surface area contributed by atoms with E-state index in [-0.39, 0.29) is 6.10 Å². The zero-order chi connectivity index (χ0) is 12.3. The van der Waals surface area contributed by atoms with E-state index in [0.29, 0.717) is 12.3 Å². The van der Waals surface area contributed by atoms with Crippen molar-refractivity contribution < 1.29 is 9.47 Å². The van der Waals surface area contributed by atoms with Crippen LogP contribution in [0, 0.1) is 0 Å². The minimum atomic E-state index is 0.0872. The first-order chi connectivity index (χ1) is 8.22. The molecule has 1 unspecified atom stereocenters. The molecule has 0 amide bonds. The van der Waals surface area contributed by atoms with E-state index in [0.717, 1.165) is 31.1 Å². The van der Waals surface area contributed by atoms with Crippen molar-refractivity contribution in [1.29, 1.82) is 0 Å². The number of benzene rings is 1. The zero-order valence-corrected chi connectivity index (χ0v) is 10.5. The number of rotatable bonds is 4. The molecule has 1 aliphatic rings. The number of ether oxygens (including phenoxy) is 2. The molecule has 0 radical (unpaired) electrons. The molecule has 1 atom stereocenters. The monoisotopic (exact) mass is 236 g/mol. The summed E-state index contributed by atoms with van der Waals surface area (Å²) in [5.41, 5.74) is 6.44. The van der Waals surface area contributed by atoms with Gasteiger partial charge in [0.05, 0.1) is 0 Å². The van der Waals surface area contributed by atoms with Crippen LogP contribution in [0.25, 0.3) is 0 Å². The van der Waals surface area contributed by atoms with Crippen molar-refractivity contribution >= 4 is 5.69 Å². The van der Waals surface area contributed by atoms with E-state index >= 15 is 0 Å². The second kappa shape index (κ2) is 5.27. The largest absolute Gasteiger partial charge is 0.486 e. The van der Waals surface area contributed by atoms with Crippen molar-refractivity contribution in [1.82, 2.24) is 4.90 Å². The molecule has 2 rings (SSSR count). The fourth-order valence-electron chi connectivity index (χ4n) is 1.99. The molecule has 4 heteroatoms. The summed E-state index contributed by atoms with van der Waals surface area (Å²) in [5.74, 6) is 1.54. The lowest BCUT2D eigenvalue weighted by molar-refractivity contribution is 0.0616. The Kier molecular flexibility index (Phi) is 3.74. The zero-order valence-electron chi connectivity index (χ0n) is 10.5. The number of nitrogens with two attached hydrogens (primary N) is 1. The summed E-state index contributed by atoms with van der Waals surface area (Å²) in [6.07, 6.45) is 0.0872. The number of nitrogens with zero attached hydrogens (tertiary/aromatic N) is 1. The second-order valence-electron chi connectivity index (χ2n) is 4.24. The van der Waals surface area contributed by atoms with Crippen LogP contribution in [0.15, 0.2) is 18.2 Å². The van der Waals surface area contributed by atoms with E-state index in [9.17, 15) is 0 Å². The van der Waals surface area contributed by atoms with E-state index < -0.39 is 0 Å². The van der Waals surface area contributed by atoms with E-state index in [1.807, 2.05) is 18.2 Å². The van der Waals surface area contributed by atoms with Crippen LogP contribution in [0.5, 0.6) is 11.5 Å². The van der Waals surface area contributed by atoms with Crippen molar-refractivity contribution in [3.8, 4) is 11.5 Å². The Labute approximate surface area is 102 Å². The van der Waals surface area contributed by atoms with Gasteiger partial charge in [-0.2, -0.15) is 0 Å². The molecular formula is C13H20N2O2. The highest BCUT2D eigenvalue weighted by Gasteiger charge is 2.22. The third-order valence-corrected chi connectivity index (χ3v) is 3.04. The first-order valence-electron chi connectivity index (χ1n) is 6.14. The molecule has 1 aliphatic heterocycles. The highest BCUT2D eigenvalue weighted by molar-refractivity contribution is 5.52. The molecular weight excluding hydrogens is 216 g/mol. The molecule has 0 spiro atoms. The van der Waals surface area contributed by atoms with Crippen molar-refractivity contribution in [3.05, 3.63) is 18.2 Å². The molecule has 1 aromatic carbocycles. The normalized spacial score (nSPS) is 18.4. The van der Waals surface area contributed by atoms with Crippen molar-refractivity contribution in [2.24, 2.45) is 0 Å². The minimum absolute atomic E-state index is 0.0872. The minimum Gasteiger partial charge on any atom is -0.486 e. The maximum absolute atomic E-state index is 5.90. The smallest absolute Gasteiger partial charge is 0.163 e. The molecule has 4 nitrogen and oxygen atoms in total. The van der Waals surface area contributed by atoms with Gasteiger partial charge >= 0.3 is 0 Å². The molecule has 0 saturated carbocycles. The highest BCUT2D eigenvalue weighted by atomic mass is 16.6. The average molecular weight is 236 g/mol. The second-order valence-corrected chi connectivity index (χ2v) is 4.24. The van der Waals surface area contributed by atoms with Gasteiger partial charge in [0.25, 0.3) is 0 Å². The van der Waals surface area contributed by atoms with E-state index in [1.54, 1.807) is 0 Å². The van der Waals surface area contributed by atoms with Crippen LogP contribution < -0.4 is 15.2 Å². The summed E-state index contributed by atoms with van der Waals surface area (Å²) in [5, 5.41) is 0. The van der Waals surface area contributed by atoms with Crippen LogP contribution in [-0.2, 0) is 0 Å². The fraction of sp³-hybridized carbons (Fsp3) is 0.538. The van der Waals surface area contributed by atoms with Crippen LogP contribution >= 0.6 is 0 Å². The lowest BCUT2D eigenvalue weighted by Gasteiger charge is -2.30. The molecule has 0 aliphatic carbocycles. The van der Waals surface area contributed by atoms with Gasteiger partial charge in [-0.3, -0.25) is 0 Å². The predicted octanol–water partition coefficient (Wildman–Crippen LogP) is 1.75. The Hall–Kier alpha value is -1.42. The Bertz CT molecular complexity index is 378. The molecule has 0 saturated heterocycles. The van der Waals surface area contributed by atoms with Gasteiger partial charge in [0.2, 0.25) is 0 Å². The number of hydrogen-bond donors (Lipinski definition) is 1. The van der Waals surface area contributed by atoms with Crippen LogP contribution in [0.4, 0.5) is 5.69 Å². The molecule has 1 aromatic rings. The first kappa shape index (κ1) is 12.0. The molecule has 0 aromatic heterocycles. The molecule has 0 fully saturated rings. The van der Waals surface area contributed by atoms with Gasteiger partial charge in [0.1, 0.15) is 12.7 Å². The Morgan fingerprint density at radius 1 is 1.29 bits per heavy atom. The van der Waals surface area contributed by atoms with E-state index in [2.05, 4.69) is 18.7 Å². The maximum Gasteiger partial charge on any atom is 0.163 e. The third kappa shape index (κ3) is 2.82. The topological polar surface area (TPSA) is 47.7 Å². The summed E-state index contributed by atoms with van der Waals surface area (Å²) in [6, 6.07) is 5.51. The van der Waals surface area contributed by atoms with Gasteiger partial charge in [-0.1, -0.05) is 13.8 Å². The average Bonchev–Trinajstić information content (AvgIpc) is 2.35. The summed E-state index contributed by atoms with van der Waals surface area (Å²) in [7, 11) is 0. The van der Waals surface area contributed by atoms with Gasteiger partial charge in [-0.25, -0.2) is 0 Å². The summed E-state index contributed by atoms with van der Waals surface area (Å²) in [4.78, 5) is 2.32. The van der Waals surface area contributed by atoms with Crippen molar-refractivity contribution in [3.63, 3.8) is 0 Å². The van der Waals surface area contributed by atoms with Crippen molar-refractivity contribution in [2.75, 3.05) is 32.0 Å². The van der Waals surface area contributed by atoms with Crippen LogP contribution in [0.3, 0.4) is 0 Å². The molecule has 1 heterocycles. The van der Waals surface area contributed by atoms with Gasteiger partial charge in [-0.05, 0) is 25.2 Å². The number of nitrogen functional groups attached to an aromatic ring is 1. The summed E-state index contributed by atoms with van der Waals surface area (Å²) in [6.45, 7) is 7.85. The first-order valence-corrected chi connectivity index (χ1v) is 6.14. The van der Waals surface area contributed by atoms with Crippen LogP contribution in [-0.4, -0.2) is 37.2 Å². The number of hydrogen-bond acceptors (Lipinski definition) is 4. The quantitative estimate of drug-likeness (QED) is 0.809. The van der Waals surface area contributed by atoms with Crippen LogP contribution in [0.1, 0.15) is 13.8 Å². The highest BCUT2D eigenvalue weighted by Crippen LogP contribution is 2.33. The van der Waals surface area contributed by atoms with Gasteiger partial charge in [0, 0.05) is 18.3 Å². The van der Waals surface area contributed by atoms with Crippen molar-refractivity contribution in [2.45, 2.75) is 20.0 Å². The van der Waals surface area contributed by atoms with E-state index in [4.69, 9.17) is 15.2 Å². The van der Waals surface area contributed by atoms with E-state index in [1.165, 1.54) is 0 Å². The summed E-state index contributed by atoms with van der Waals surface area (Å²) < 4.78 is 11.6. The van der Waals surface area contributed by atoms with Gasteiger partial charge in [0.15, 0.2) is 11.5 Å². The molecule has 0 bridgehead atoms.